The smallest absolute Gasteiger partial charge is 0.226 e. The molecule has 1 aliphatic heterocycles. The van der Waals surface area contributed by atoms with E-state index in [-0.39, 0.29) is 5.91 Å². The number of carbonyl (C=O) groups excluding carboxylic acids is 1. The van der Waals surface area contributed by atoms with Crippen molar-refractivity contribution in [3.63, 3.8) is 0 Å². The molecule has 4 nitrogen and oxygen atoms in total. The fraction of sp³-hybridized carbons (Fsp3) is 0.533. The fourth-order valence-electron chi connectivity index (χ4n) is 2.48. The van der Waals surface area contributed by atoms with Gasteiger partial charge in [0, 0.05) is 13.1 Å². The summed E-state index contributed by atoms with van der Waals surface area (Å²) in [6, 6.07) is 7.31. The highest BCUT2D eigenvalue weighted by Crippen LogP contribution is 2.23. The van der Waals surface area contributed by atoms with E-state index in [0.717, 1.165) is 26.1 Å². The molecule has 1 saturated heterocycles. The molecule has 1 aromatic rings. The average molecular weight is 297 g/mol. The SMILES string of the molecule is CNCC1CCN(C(=O)CCOc2ccccc2Cl)C1. The maximum Gasteiger partial charge on any atom is 0.226 e. The zero-order valence-corrected chi connectivity index (χ0v) is 12.5. The Morgan fingerprint density at radius 3 is 3.05 bits per heavy atom. The van der Waals surface area contributed by atoms with Crippen LogP contribution >= 0.6 is 11.6 Å². The molecular formula is C15H21ClN2O2. The Hall–Kier alpha value is -1.26. The summed E-state index contributed by atoms with van der Waals surface area (Å²) >= 11 is 5.99. The van der Waals surface area contributed by atoms with Gasteiger partial charge in [-0.2, -0.15) is 0 Å². The minimum absolute atomic E-state index is 0.163. The largest absolute Gasteiger partial charge is 0.491 e. The van der Waals surface area contributed by atoms with Gasteiger partial charge in [0.05, 0.1) is 18.1 Å². The number of nitrogens with zero attached hydrogens (tertiary/aromatic N) is 1. The lowest BCUT2D eigenvalue weighted by Gasteiger charge is -2.17. The van der Waals surface area contributed by atoms with E-state index in [9.17, 15) is 4.79 Å². The summed E-state index contributed by atoms with van der Waals surface area (Å²) in [6.07, 6.45) is 1.48. The van der Waals surface area contributed by atoms with Gasteiger partial charge in [-0.25, -0.2) is 0 Å². The van der Waals surface area contributed by atoms with Crippen LogP contribution in [0.5, 0.6) is 5.75 Å². The average Bonchev–Trinajstić information content (AvgIpc) is 2.90. The van der Waals surface area contributed by atoms with Gasteiger partial charge >= 0.3 is 0 Å². The van der Waals surface area contributed by atoms with Crippen molar-refractivity contribution in [1.82, 2.24) is 10.2 Å². The lowest BCUT2D eigenvalue weighted by molar-refractivity contribution is -0.130. The second kappa shape index (κ2) is 7.50. The van der Waals surface area contributed by atoms with Crippen LogP contribution in [0.25, 0.3) is 0 Å². The van der Waals surface area contributed by atoms with Crippen LogP contribution in [-0.2, 0) is 4.79 Å². The van der Waals surface area contributed by atoms with Crippen LogP contribution in [0.1, 0.15) is 12.8 Å². The number of carbonyl (C=O) groups is 1. The van der Waals surface area contributed by atoms with E-state index in [1.54, 1.807) is 6.07 Å². The summed E-state index contributed by atoms with van der Waals surface area (Å²) in [5.74, 6) is 1.38. The van der Waals surface area contributed by atoms with Crippen molar-refractivity contribution in [1.29, 1.82) is 0 Å². The van der Waals surface area contributed by atoms with Crippen LogP contribution in [0.3, 0.4) is 0 Å². The normalized spacial score (nSPS) is 18.3. The number of likely N-dealkylation sites (tertiary alicyclic amines) is 1. The molecule has 0 saturated carbocycles. The minimum Gasteiger partial charge on any atom is -0.491 e. The number of hydrogen-bond donors (Lipinski definition) is 1. The number of halogens is 1. The van der Waals surface area contributed by atoms with Crippen molar-refractivity contribution < 1.29 is 9.53 Å². The topological polar surface area (TPSA) is 41.6 Å². The third-order valence-electron chi connectivity index (χ3n) is 3.54. The first kappa shape index (κ1) is 15.1. The molecule has 2 rings (SSSR count). The molecule has 1 N–H and O–H groups in total. The Morgan fingerprint density at radius 2 is 2.30 bits per heavy atom. The van der Waals surface area contributed by atoms with E-state index in [1.165, 1.54) is 0 Å². The zero-order chi connectivity index (χ0) is 14.4. The molecule has 0 spiro atoms. The summed E-state index contributed by atoms with van der Waals surface area (Å²) in [6.45, 7) is 3.05. The van der Waals surface area contributed by atoms with Crippen LogP contribution < -0.4 is 10.1 Å². The Labute approximate surface area is 125 Å². The predicted molar refractivity (Wildman–Crippen MR) is 80.2 cm³/mol. The predicted octanol–water partition coefficient (Wildman–Crippen LogP) is 2.18. The Balaban J connectivity index is 1.72. The third kappa shape index (κ3) is 4.12. The second-order valence-corrected chi connectivity index (χ2v) is 5.49. The fourth-order valence-corrected chi connectivity index (χ4v) is 2.67. The number of nitrogens with one attached hydrogen (secondary N) is 1. The highest BCUT2D eigenvalue weighted by Gasteiger charge is 2.25. The lowest BCUT2D eigenvalue weighted by Crippen LogP contribution is -2.31. The molecular weight excluding hydrogens is 276 g/mol. The van der Waals surface area contributed by atoms with Gasteiger partial charge in [-0.3, -0.25) is 4.79 Å². The maximum absolute atomic E-state index is 12.1. The van der Waals surface area contributed by atoms with Gasteiger partial charge in [-0.15, -0.1) is 0 Å². The number of benzene rings is 1. The molecule has 1 aromatic carbocycles. The van der Waals surface area contributed by atoms with Crippen molar-refractivity contribution in [3.05, 3.63) is 29.3 Å². The quantitative estimate of drug-likeness (QED) is 0.875. The van der Waals surface area contributed by atoms with Crippen LogP contribution in [0.4, 0.5) is 0 Å². The number of para-hydroxylation sites is 1. The third-order valence-corrected chi connectivity index (χ3v) is 3.85. The first-order chi connectivity index (χ1) is 9.70. The van der Waals surface area contributed by atoms with Crippen LogP contribution in [0.2, 0.25) is 5.02 Å². The second-order valence-electron chi connectivity index (χ2n) is 5.08. The minimum atomic E-state index is 0.163. The van der Waals surface area contributed by atoms with E-state index in [4.69, 9.17) is 16.3 Å². The maximum atomic E-state index is 12.1. The first-order valence-electron chi connectivity index (χ1n) is 7.00. The molecule has 0 aliphatic carbocycles. The molecule has 1 fully saturated rings. The zero-order valence-electron chi connectivity index (χ0n) is 11.8. The van der Waals surface area contributed by atoms with Gasteiger partial charge in [-0.1, -0.05) is 23.7 Å². The van der Waals surface area contributed by atoms with E-state index in [0.29, 0.717) is 29.7 Å². The Morgan fingerprint density at radius 1 is 1.50 bits per heavy atom. The number of amides is 1. The first-order valence-corrected chi connectivity index (χ1v) is 7.38. The van der Waals surface area contributed by atoms with Gasteiger partial charge in [0.2, 0.25) is 5.91 Å². The molecule has 0 radical (unpaired) electrons. The van der Waals surface area contributed by atoms with Gasteiger partial charge in [0.1, 0.15) is 5.75 Å². The highest BCUT2D eigenvalue weighted by atomic mass is 35.5. The van der Waals surface area contributed by atoms with Crippen LogP contribution in [0, 0.1) is 5.92 Å². The molecule has 20 heavy (non-hydrogen) atoms. The van der Waals surface area contributed by atoms with Crippen molar-refractivity contribution in [2.24, 2.45) is 5.92 Å². The Bertz CT molecular complexity index is 453. The number of ether oxygens (including phenoxy) is 1. The van der Waals surface area contributed by atoms with Crippen LogP contribution in [0.15, 0.2) is 24.3 Å². The molecule has 1 amide bonds. The monoisotopic (exact) mass is 296 g/mol. The van der Waals surface area contributed by atoms with E-state index < -0.39 is 0 Å². The molecule has 1 unspecified atom stereocenters. The molecule has 0 bridgehead atoms. The molecule has 1 aliphatic rings. The molecule has 1 atom stereocenters. The summed E-state index contributed by atoms with van der Waals surface area (Å²) in [5.41, 5.74) is 0. The lowest BCUT2D eigenvalue weighted by atomic mass is 10.1. The van der Waals surface area contributed by atoms with Gasteiger partial charge in [0.15, 0.2) is 0 Å². The standard InChI is InChI=1S/C15H21ClN2O2/c1-17-10-12-6-8-18(11-12)15(19)7-9-20-14-5-3-2-4-13(14)16/h2-5,12,17H,6-11H2,1H3. The Kier molecular flexibility index (Phi) is 5.68. The van der Waals surface area contributed by atoms with E-state index in [2.05, 4.69) is 5.32 Å². The van der Waals surface area contributed by atoms with Gasteiger partial charge in [0.25, 0.3) is 0 Å². The molecule has 5 heteroatoms. The number of hydrogen-bond acceptors (Lipinski definition) is 3. The highest BCUT2D eigenvalue weighted by molar-refractivity contribution is 6.32. The van der Waals surface area contributed by atoms with Crippen molar-refractivity contribution in [2.45, 2.75) is 12.8 Å². The van der Waals surface area contributed by atoms with Crippen molar-refractivity contribution in [3.8, 4) is 5.75 Å². The van der Waals surface area contributed by atoms with Gasteiger partial charge < -0.3 is 15.0 Å². The van der Waals surface area contributed by atoms with Crippen molar-refractivity contribution >= 4 is 17.5 Å². The van der Waals surface area contributed by atoms with Crippen molar-refractivity contribution in [2.75, 3.05) is 33.3 Å². The summed E-state index contributed by atoms with van der Waals surface area (Å²) in [7, 11) is 1.95. The summed E-state index contributed by atoms with van der Waals surface area (Å²) < 4.78 is 5.55. The molecule has 1 heterocycles. The molecule has 110 valence electrons. The van der Waals surface area contributed by atoms with Crippen LogP contribution in [-0.4, -0.2) is 44.1 Å². The summed E-state index contributed by atoms with van der Waals surface area (Å²) in [5, 5.41) is 3.74. The summed E-state index contributed by atoms with van der Waals surface area (Å²) in [4.78, 5) is 14.0. The van der Waals surface area contributed by atoms with E-state index in [1.807, 2.05) is 30.1 Å². The molecule has 0 aromatic heterocycles. The number of rotatable bonds is 6. The van der Waals surface area contributed by atoms with Gasteiger partial charge in [-0.05, 0) is 38.1 Å². The van der Waals surface area contributed by atoms with E-state index >= 15 is 0 Å².